The molecule has 0 bridgehead atoms. The first kappa shape index (κ1) is 20.7. The van der Waals surface area contributed by atoms with Gasteiger partial charge in [0.1, 0.15) is 6.29 Å². The smallest absolute Gasteiger partial charge is 0.237 e. The zero-order chi connectivity index (χ0) is 14.9. The van der Waals surface area contributed by atoms with E-state index in [0.29, 0.717) is 18.7 Å². The molecular weight excluding hydrogens is 264 g/mol. The maximum absolute atomic E-state index is 11.2. The van der Waals surface area contributed by atoms with E-state index >= 15 is 0 Å². The highest BCUT2D eigenvalue weighted by Crippen LogP contribution is 2.03. The summed E-state index contributed by atoms with van der Waals surface area (Å²) in [5.41, 5.74) is 5.49. The first-order valence-electron chi connectivity index (χ1n) is 6.61. The molecule has 1 atom stereocenters. The fraction of sp³-hybridized carbons (Fsp3) is 0.846. The molecule has 0 saturated heterocycles. The first-order chi connectivity index (χ1) is 9.13. The van der Waals surface area contributed by atoms with E-state index < -0.39 is 6.04 Å². The van der Waals surface area contributed by atoms with Gasteiger partial charge in [-0.15, -0.1) is 0 Å². The molecule has 0 aromatic carbocycles. The maximum Gasteiger partial charge on any atom is 0.237 e. The third kappa shape index (κ3) is 17.4. The van der Waals surface area contributed by atoms with Gasteiger partial charge in [0.05, 0.1) is 6.04 Å². The number of nitrogens with two attached hydrogens (primary N) is 1. The Morgan fingerprint density at radius 1 is 1.26 bits per heavy atom. The van der Waals surface area contributed by atoms with E-state index in [2.05, 4.69) is 22.7 Å². The van der Waals surface area contributed by atoms with Gasteiger partial charge in [0.25, 0.3) is 0 Å². The van der Waals surface area contributed by atoms with Gasteiger partial charge in [0, 0.05) is 32.9 Å². The van der Waals surface area contributed by atoms with Gasteiger partial charge in [-0.3, -0.25) is 4.79 Å². The number of carbonyl (C=O) groups is 2. The molecule has 0 aliphatic heterocycles. The number of rotatable bonds is 10. The summed E-state index contributed by atoms with van der Waals surface area (Å²) in [6.07, 6.45) is 6.83. The number of amides is 1. The molecule has 0 aromatic heterocycles. The molecule has 0 radical (unpaired) electrons. The number of hydrogen-bond donors (Lipinski definition) is 3. The molecule has 0 heterocycles. The van der Waals surface area contributed by atoms with E-state index in [9.17, 15) is 9.59 Å². The number of methoxy groups -OCH3 is 1. The molecule has 0 aliphatic carbocycles. The molecule has 19 heavy (non-hydrogen) atoms. The second kappa shape index (κ2) is 17.4. The zero-order valence-corrected chi connectivity index (χ0v) is 13.0. The number of thiol groups is 1. The van der Waals surface area contributed by atoms with Crippen molar-refractivity contribution in [1.29, 1.82) is 0 Å². The molecule has 0 aliphatic rings. The Kier molecular flexibility index (Phi) is 19.0. The summed E-state index contributed by atoms with van der Waals surface area (Å²) in [5, 5.41) is 2.77. The van der Waals surface area contributed by atoms with Crippen LogP contribution in [-0.2, 0) is 14.3 Å². The van der Waals surface area contributed by atoms with E-state index in [1.807, 2.05) is 0 Å². The lowest BCUT2D eigenvalue weighted by atomic mass is 10.1. The summed E-state index contributed by atoms with van der Waals surface area (Å²) >= 11 is 3.95. The Balaban J connectivity index is 0. The molecule has 0 aromatic rings. The van der Waals surface area contributed by atoms with Gasteiger partial charge in [0.15, 0.2) is 0 Å². The lowest BCUT2D eigenvalue weighted by Gasteiger charge is -2.09. The van der Waals surface area contributed by atoms with Crippen molar-refractivity contribution >= 4 is 24.8 Å². The van der Waals surface area contributed by atoms with Gasteiger partial charge in [0.2, 0.25) is 5.91 Å². The van der Waals surface area contributed by atoms with Crippen LogP contribution in [0.25, 0.3) is 0 Å². The number of unbranched alkanes of at least 4 members (excludes halogenated alkanes) is 5. The molecule has 6 heteroatoms. The number of carbonyl (C=O) groups excluding carboxylic acids is 2. The van der Waals surface area contributed by atoms with E-state index in [1.54, 1.807) is 14.2 Å². The maximum atomic E-state index is 11.2. The van der Waals surface area contributed by atoms with Crippen molar-refractivity contribution in [2.45, 2.75) is 44.6 Å². The van der Waals surface area contributed by atoms with Crippen LogP contribution in [0.15, 0.2) is 0 Å². The molecule has 114 valence electrons. The van der Waals surface area contributed by atoms with Crippen LogP contribution in [0.2, 0.25) is 0 Å². The normalized spacial score (nSPS) is 11.2. The Hall–Kier alpha value is -0.590. The minimum Gasteiger partial charge on any atom is -0.388 e. The molecule has 0 saturated carbocycles. The number of hydrogen-bond acceptors (Lipinski definition) is 5. The predicted octanol–water partition coefficient (Wildman–Crippen LogP) is 1.16. The summed E-state index contributed by atoms with van der Waals surface area (Å²) in [6, 6.07) is -0.504. The summed E-state index contributed by atoms with van der Waals surface area (Å²) in [5.74, 6) is 0.244. The van der Waals surface area contributed by atoms with Gasteiger partial charge in [-0.25, -0.2) is 0 Å². The summed E-state index contributed by atoms with van der Waals surface area (Å²) in [6.45, 7) is 0.675. The summed E-state index contributed by atoms with van der Waals surface area (Å²) < 4.78 is 4.25. The molecule has 0 spiro atoms. The molecule has 1 amide bonds. The van der Waals surface area contributed by atoms with Crippen LogP contribution in [0.4, 0.5) is 0 Å². The van der Waals surface area contributed by atoms with Crippen LogP contribution < -0.4 is 11.1 Å². The van der Waals surface area contributed by atoms with Crippen molar-refractivity contribution in [2.75, 3.05) is 26.5 Å². The SMILES string of the molecule is COC.NC(CS)C(=O)NCCCCCCCC=O. The topological polar surface area (TPSA) is 81.4 Å². The minimum atomic E-state index is -0.504. The molecule has 1 unspecified atom stereocenters. The van der Waals surface area contributed by atoms with Crippen LogP contribution in [0.5, 0.6) is 0 Å². The highest BCUT2D eigenvalue weighted by atomic mass is 32.1. The largest absolute Gasteiger partial charge is 0.388 e. The van der Waals surface area contributed by atoms with Crippen molar-refractivity contribution in [3.8, 4) is 0 Å². The zero-order valence-electron chi connectivity index (χ0n) is 12.1. The van der Waals surface area contributed by atoms with Crippen LogP contribution in [-0.4, -0.2) is 44.8 Å². The van der Waals surface area contributed by atoms with Crippen molar-refractivity contribution in [1.82, 2.24) is 5.32 Å². The highest BCUT2D eigenvalue weighted by Gasteiger charge is 2.09. The fourth-order valence-corrected chi connectivity index (χ4v) is 1.47. The van der Waals surface area contributed by atoms with Gasteiger partial charge < -0.3 is 20.6 Å². The first-order valence-corrected chi connectivity index (χ1v) is 7.25. The second-order valence-electron chi connectivity index (χ2n) is 4.21. The molecule has 3 N–H and O–H groups in total. The van der Waals surface area contributed by atoms with Crippen LogP contribution in [0, 0.1) is 0 Å². The van der Waals surface area contributed by atoms with Crippen molar-refractivity contribution in [3.63, 3.8) is 0 Å². The Bertz CT molecular complexity index is 216. The standard InChI is InChI=1S/C11H22N2O2S.C2H6O/c12-10(9-16)11(15)13-7-5-3-1-2-4-6-8-14;1-3-2/h8,10,16H,1-7,9,12H2,(H,13,15);1-2H3. The molecule has 5 nitrogen and oxygen atoms in total. The number of ether oxygens (including phenoxy) is 1. The number of aldehydes is 1. The van der Waals surface area contributed by atoms with Gasteiger partial charge in [-0.05, 0) is 12.8 Å². The lowest BCUT2D eigenvalue weighted by Crippen LogP contribution is -2.42. The van der Waals surface area contributed by atoms with Crippen LogP contribution >= 0.6 is 12.6 Å². The van der Waals surface area contributed by atoms with Gasteiger partial charge >= 0.3 is 0 Å². The Morgan fingerprint density at radius 2 is 1.79 bits per heavy atom. The highest BCUT2D eigenvalue weighted by molar-refractivity contribution is 7.80. The van der Waals surface area contributed by atoms with E-state index in [1.165, 1.54) is 0 Å². The fourth-order valence-electron chi connectivity index (χ4n) is 1.31. The van der Waals surface area contributed by atoms with E-state index in [-0.39, 0.29) is 5.91 Å². The average molecular weight is 292 g/mol. The molecular formula is C13H28N2O3S. The quantitative estimate of drug-likeness (QED) is 0.321. The lowest BCUT2D eigenvalue weighted by molar-refractivity contribution is -0.121. The minimum absolute atomic E-state index is 0.129. The van der Waals surface area contributed by atoms with E-state index in [0.717, 1.165) is 38.4 Å². The van der Waals surface area contributed by atoms with Crippen molar-refractivity contribution in [2.24, 2.45) is 5.73 Å². The Labute approximate surface area is 122 Å². The van der Waals surface area contributed by atoms with Crippen LogP contribution in [0.1, 0.15) is 38.5 Å². The van der Waals surface area contributed by atoms with Crippen LogP contribution in [0.3, 0.4) is 0 Å². The van der Waals surface area contributed by atoms with Gasteiger partial charge in [-0.2, -0.15) is 12.6 Å². The third-order valence-electron chi connectivity index (χ3n) is 2.33. The van der Waals surface area contributed by atoms with Gasteiger partial charge in [-0.1, -0.05) is 19.3 Å². The Morgan fingerprint density at radius 3 is 2.32 bits per heavy atom. The average Bonchev–Trinajstić information content (AvgIpc) is 2.41. The van der Waals surface area contributed by atoms with Crippen molar-refractivity contribution < 1.29 is 14.3 Å². The summed E-state index contributed by atoms with van der Waals surface area (Å²) in [4.78, 5) is 21.3. The molecule has 0 fully saturated rings. The monoisotopic (exact) mass is 292 g/mol. The number of nitrogens with one attached hydrogen (secondary N) is 1. The van der Waals surface area contributed by atoms with Crippen molar-refractivity contribution in [3.05, 3.63) is 0 Å². The predicted molar refractivity (Wildman–Crippen MR) is 81.5 cm³/mol. The summed E-state index contributed by atoms with van der Waals surface area (Å²) in [7, 11) is 3.25. The second-order valence-corrected chi connectivity index (χ2v) is 4.58. The third-order valence-corrected chi connectivity index (χ3v) is 2.72. The molecule has 0 rings (SSSR count). The van der Waals surface area contributed by atoms with E-state index in [4.69, 9.17) is 5.73 Å².